The van der Waals surface area contributed by atoms with Gasteiger partial charge in [-0.1, -0.05) is 36.4 Å². The van der Waals surface area contributed by atoms with Gasteiger partial charge in [-0.2, -0.15) is 0 Å². The minimum Gasteiger partial charge on any atom is -0.478 e. The topological polar surface area (TPSA) is 49.3 Å². The number of hydrogen-bond donors (Lipinski definition) is 2. The van der Waals surface area contributed by atoms with Crippen molar-refractivity contribution in [3.05, 3.63) is 59.7 Å². The van der Waals surface area contributed by atoms with E-state index < -0.39 is 5.97 Å². The van der Waals surface area contributed by atoms with Crippen molar-refractivity contribution in [1.29, 1.82) is 0 Å². The summed E-state index contributed by atoms with van der Waals surface area (Å²) in [5, 5.41) is 12.1. The highest BCUT2D eigenvalue weighted by atomic mass is 16.4. The van der Waals surface area contributed by atoms with E-state index in [0.717, 1.165) is 16.7 Å². The number of hydrogen-bond acceptors (Lipinski definition) is 2. The summed E-state index contributed by atoms with van der Waals surface area (Å²) in [7, 11) is 1.81. The van der Waals surface area contributed by atoms with Crippen LogP contribution in [-0.4, -0.2) is 18.1 Å². The number of carboxylic acid groups (broad SMARTS) is 1. The van der Waals surface area contributed by atoms with Crippen LogP contribution in [0.4, 0.5) is 0 Å². The molecule has 92 valence electrons. The molecule has 2 aromatic rings. The third-order valence-electron chi connectivity index (χ3n) is 2.81. The first-order chi connectivity index (χ1) is 8.72. The van der Waals surface area contributed by atoms with Gasteiger partial charge in [0, 0.05) is 6.54 Å². The summed E-state index contributed by atoms with van der Waals surface area (Å²) in [5.41, 5.74) is 3.27. The maximum absolute atomic E-state index is 11.1. The number of carboxylic acids is 1. The SMILES string of the molecule is CNCc1cc(-c2ccccc2)ccc1C(=O)O. The molecule has 0 saturated carbocycles. The van der Waals surface area contributed by atoms with Gasteiger partial charge in [0.25, 0.3) is 0 Å². The van der Waals surface area contributed by atoms with Crippen LogP contribution in [0.3, 0.4) is 0 Å². The van der Waals surface area contributed by atoms with Gasteiger partial charge >= 0.3 is 5.97 Å². The van der Waals surface area contributed by atoms with E-state index in [1.807, 2.05) is 42.5 Å². The smallest absolute Gasteiger partial charge is 0.336 e. The Morgan fingerprint density at radius 1 is 1.11 bits per heavy atom. The van der Waals surface area contributed by atoms with Crippen molar-refractivity contribution >= 4 is 5.97 Å². The molecular weight excluding hydrogens is 226 g/mol. The molecule has 0 unspecified atom stereocenters. The van der Waals surface area contributed by atoms with Crippen molar-refractivity contribution in [3.8, 4) is 11.1 Å². The van der Waals surface area contributed by atoms with Gasteiger partial charge in [-0.3, -0.25) is 0 Å². The molecule has 0 saturated heterocycles. The van der Waals surface area contributed by atoms with E-state index in [9.17, 15) is 4.79 Å². The van der Waals surface area contributed by atoms with E-state index in [2.05, 4.69) is 5.32 Å². The van der Waals surface area contributed by atoms with E-state index in [-0.39, 0.29) is 0 Å². The van der Waals surface area contributed by atoms with Gasteiger partial charge in [-0.05, 0) is 35.9 Å². The highest BCUT2D eigenvalue weighted by Crippen LogP contribution is 2.22. The van der Waals surface area contributed by atoms with Crippen LogP contribution in [-0.2, 0) is 6.54 Å². The zero-order valence-electron chi connectivity index (χ0n) is 10.2. The maximum Gasteiger partial charge on any atom is 0.336 e. The molecule has 0 aliphatic rings. The van der Waals surface area contributed by atoms with Crippen LogP contribution in [0.15, 0.2) is 48.5 Å². The summed E-state index contributed by atoms with van der Waals surface area (Å²) in [6.45, 7) is 0.544. The van der Waals surface area contributed by atoms with Crippen LogP contribution in [0.25, 0.3) is 11.1 Å². The lowest BCUT2D eigenvalue weighted by Crippen LogP contribution is -2.10. The number of aromatic carboxylic acids is 1. The molecule has 18 heavy (non-hydrogen) atoms. The molecule has 2 rings (SSSR count). The van der Waals surface area contributed by atoms with Crippen molar-refractivity contribution in [2.75, 3.05) is 7.05 Å². The molecule has 0 bridgehead atoms. The zero-order valence-corrected chi connectivity index (χ0v) is 10.2. The van der Waals surface area contributed by atoms with Crippen LogP contribution in [0.2, 0.25) is 0 Å². The van der Waals surface area contributed by atoms with Gasteiger partial charge < -0.3 is 10.4 Å². The molecule has 2 aromatic carbocycles. The average Bonchev–Trinajstić information content (AvgIpc) is 2.40. The number of rotatable bonds is 4. The van der Waals surface area contributed by atoms with E-state index in [1.165, 1.54) is 0 Å². The van der Waals surface area contributed by atoms with Gasteiger partial charge in [0.05, 0.1) is 5.56 Å². The second-order valence-corrected chi connectivity index (χ2v) is 4.07. The Hall–Kier alpha value is -2.13. The lowest BCUT2D eigenvalue weighted by Gasteiger charge is -2.09. The number of carbonyl (C=O) groups is 1. The first-order valence-corrected chi connectivity index (χ1v) is 5.78. The van der Waals surface area contributed by atoms with Crippen LogP contribution in [0.1, 0.15) is 15.9 Å². The highest BCUT2D eigenvalue weighted by molar-refractivity contribution is 5.90. The van der Waals surface area contributed by atoms with Crippen molar-refractivity contribution < 1.29 is 9.90 Å². The molecule has 0 radical (unpaired) electrons. The molecule has 0 heterocycles. The minimum atomic E-state index is -0.889. The predicted octanol–water partition coefficient (Wildman–Crippen LogP) is 2.77. The Morgan fingerprint density at radius 2 is 1.83 bits per heavy atom. The quantitative estimate of drug-likeness (QED) is 0.865. The standard InChI is InChI=1S/C15H15NO2/c1-16-10-13-9-12(7-8-14(13)15(17)18)11-5-3-2-4-6-11/h2-9,16H,10H2,1H3,(H,17,18). The van der Waals surface area contributed by atoms with E-state index in [4.69, 9.17) is 5.11 Å². The average molecular weight is 241 g/mol. The molecule has 0 atom stereocenters. The number of nitrogens with one attached hydrogen (secondary N) is 1. The van der Waals surface area contributed by atoms with Crippen LogP contribution >= 0.6 is 0 Å². The van der Waals surface area contributed by atoms with E-state index in [1.54, 1.807) is 13.1 Å². The Balaban J connectivity index is 2.46. The van der Waals surface area contributed by atoms with Crippen LogP contribution in [0.5, 0.6) is 0 Å². The molecule has 3 nitrogen and oxygen atoms in total. The first kappa shape index (κ1) is 12.3. The predicted molar refractivity (Wildman–Crippen MR) is 71.6 cm³/mol. The Morgan fingerprint density at radius 3 is 2.44 bits per heavy atom. The summed E-state index contributed by atoms with van der Waals surface area (Å²) >= 11 is 0. The summed E-state index contributed by atoms with van der Waals surface area (Å²) in [6, 6.07) is 15.4. The van der Waals surface area contributed by atoms with Crippen molar-refractivity contribution in [2.45, 2.75) is 6.54 Å². The normalized spacial score (nSPS) is 10.3. The van der Waals surface area contributed by atoms with E-state index in [0.29, 0.717) is 12.1 Å². The third-order valence-corrected chi connectivity index (χ3v) is 2.81. The Labute approximate surface area is 106 Å². The van der Waals surface area contributed by atoms with Gasteiger partial charge in [-0.25, -0.2) is 4.79 Å². The summed E-state index contributed by atoms with van der Waals surface area (Å²) in [6.07, 6.45) is 0. The van der Waals surface area contributed by atoms with Crippen molar-refractivity contribution in [2.24, 2.45) is 0 Å². The molecule has 2 N–H and O–H groups in total. The summed E-state index contributed by atoms with van der Waals surface area (Å²) in [4.78, 5) is 11.1. The molecule has 3 heteroatoms. The second kappa shape index (κ2) is 5.47. The van der Waals surface area contributed by atoms with Gasteiger partial charge in [0.15, 0.2) is 0 Å². The minimum absolute atomic E-state index is 0.351. The van der Waals surface area contributed by atoms with Crippen LogP contribution < -0.4 is 5.32 Å². The molecule has 0 aromatic heterocycles. The van der Waals surface area contributed by atoms with Crippen molar-refractivity contribution in [3.63, 3.8) is 0 Å². The molecular formula is C15H15NO2. The summed E-state index contributed by atoms with van der Waals surface area (Å²) < 4.78 is 0. The highest BCUT2D eigenvalue weighted by Gasteiger charge is 2.10. The number of benzene rings is 2. The fraction of sp³-hybridized carbons (Fsp3) is 0.133. The second-order valence-electron chi connectivity index (χ2n) is 4.07. The molecule has 0 aliphatic carbocycles. The lowest BCUT2D eigenvalue weighted by atomic mass is 9.99. The molecule has 0 aliphatic heterocycles. The van der Waals surface area contributed by atoms with Gasteiger partial charge in [0.1, 0.15) is 0 Å². The monoisotopic (exact) mass is 241 g/mol. The molecule has 0 fully saturated rings. The molecule has 0 amide bonds. The largest absolute Gasteiger partial charge is 0.478 e. The maximum atomic E-state index is 11.1. The van der Waals surface area contributed by atoms with E-state index >= 15 is 0 Å². The summed E-state index contributed by atoms with van der Waals surface area (Å²) in [5.74, 6) is -0.889. The lowest BCUT2D eigenvalue weighted by molar-refractivity contribution is 0.0695. The fourth-order valence-corrected chi connectivity index (χ4v) is 1.95. The Kier molecular flexibility index (Phi) is 3.75. The van der Waals surface area contributed by atoms with Gasteiger partial charge in [0.2, 0.25) is 0 Å². The first-order valence-electron chi connectivity index (χ1n) is 5.78. The fourth-order valence-electron chi connectivity index (χ4n) is 1.95. The van der Waals surface area contributed by atoms with Crippen LogP contribution in [0, 0.1) is 0 Å². The molecule has 0 spiro atoms. The van der Waals surface area contributed by atoms with Crippen molar-refractivity contribution in [1.82, 2.24) is 5.32 Å². The zero-order chi connectivity index (χ0) is 13.0. The van der Waals surface area contributed by atoms with Gasteiger partial charge in [-0.15, -0.1) is 0 Å². The third kappa shape index (κ3) is 2.57. The Bertz CT molecular complexity index is 550.